The third-order valence-corrected chi connectivity index (χ3v) is 1.69. The molecule has 0 aromatic carbocycles. The minimum atomic E-state index is 0.206. The monoisotopic (exact) mass is 196 g/mol. The van der Waals surface area contributed by atoms with Crippen LogP contribution in [0, 0.1) is 0 Å². The van der Waals surface area contributed by atoms with Crippen molar-refractivity contribution in [1.82, 2.24) is 4.98 Å². The third kappa shape index (κ3) is 3.62. The van der Waals surface area contributed by atoms with Gasteiger partial charge in [0.15, 0.2) is 0 Å². The maximum atomic E-state index is 8.58. The van der Waals surface area contributed by atoms with Gasteiger partial charge in [-0.3, -0.25) is 0 Å². The summed E-state index contributed by atoms with van der Waals surface area (Å²) in [6.45, 7) is 3.52. The Labute approximate surface area is 83.9 Å². The second kappa shape index (κ2) is 6.21. The van der Waals surface area contributed by atoms with Crippen LogP contribution in [0.1, 0.15) is 13.3 Å². The lowest BCUT2D eigenvalue weighted by Gasteiger charge is -2.05. The summed E-state index contributed by atoms with van der Waals surface area (Å²) < 4.78 is 5.21. The van der Waals surface area contributed by atoms with Gasteiger partial charge in [-0.1, -0.05) is 0 Å². The number of ether oxygens (including phenoxy) is 1. The molecule has 0 aliphatic rings. The molecule has 78 valence electrons. The Balaban J connectivity index is 2.38. The maximum Gasteiger partial charge on any atom is 0.213 e. The van der Waals surface area contributed by atoms with E-state index in [4.69, 9.17) is 9.84 Å². The van der Waals surface area contributed by atoms with Crippen molar-refractivity contribution in [3.63, 3.8) is 0 Å². The van der Waals surface area contributed by atoms with E-state index < -0.39 is 0 Å². The number of aromatic nitrogens is 1. The number of rotatable bonds is 6. The Hall–Kier alpha value is -1.29. The zero-order chi connectivity index (χ0) is 10.2. The van der Waals surface area contributed by atoms with Gasteiger partial charge >= 0.3 is 0 Å². The van der Waals surface area contributed by atoms with E-state index in [1.165, 1.54) is 0 Å². The highest BCUT2D eigenvalue weighted by Crippen LogP contribution is 2.11. The first-order chi connectivity index (χ1) is 6.86. The van der Waals surface area contributed by atoms with Gasteiger partial charge in [0.2, 0.25) is 5.88 Å². The van der Waals surface area contributed by atoms with Crippen molar-refractivity contribution in [3.05, 3.63) is 18.3 Å². The minimum absolute atomic E-state index is 0.206. The van der Waals surface area contributed by atoms with E-state index >= 15 is 0 Å². The van der Waals surface area contributed by atoms with Crippen LogP contribution in [-0.2, 0) is 0 Å². The number of aliphatic hydroxyl groups excluding tert-OH is 1. The van der Waals surface area contributed by atoms with Crippen LogP contribution in [0.25, 0.3) is 0 Å². The molecule has 0 amide bonds. The number of hydrogen-bond acceptors (Lipinski definition) is 4. The van der Waals surface area contributed by atoms with Crippen LogP contribution in [0.3, 0.4) is 0 Å². The fourth-order valence-electron chi connectivity index (χ4n) is 1.03. The number of anilines is 1. The summed E-state index contributed by atoms with van der Waals surface area (Å²) in [6.07, 6.45) is 2.47. The van der Waals surface area contributed by atoms with Gasteiger partial charge in [0, 0.05) is 19.2 Å². The van der Waals surface area contributed by atoms with E-state index in [9.17, 15) is 0 Å². The highest BCUT2D eigenvalue weighted by Gasteiger charge is 1.94. The molecule has 0 atom stereocenters. The molecule has 1 heterocycles. The zero-order valence-electron chi connectivity index (χ0n) is 8.36. The van der Waals surface area contributed by atoms with Gasteiger partial charge in [-0.05, 0) is 19.4 Å². The summed E-state index contributed by atoms with van der Waals surface area (Å²) >= 11 is 0. The number of hydrogen-bond donors (Lipinski definition) is 2. The summed E-state index contributed by atoms with van der Waals surface area (Å²) in [5, 5.41) is 11.7. The van der Waals surface area contributed by atoms with E-state index in [0.717, 1.165) is 18.7 Å². The fraction of sp³-hybridized carbons (Fsp3) is 0.500. The van der Waals surface area contributed by atoms with Gasteiger partial charge in [-0.2, -0.15) is 0 Å². The summed E-state index contributed by atoms with van der Waals surface area (Å²) in [7, 11) is 0. The molecule has 0 bridgehead atoms. The van der Waals surface area contributed by atoms with E-state index in [-0.39, 0.29) is 6.61 Å². The van der Waals surface area contributed by atoms with Crippen LogP contribution in [0.2, 0.25) is 0 Å². The molecule has 0 spiro atoms. The molecule has 0 radical (unpaired) electrons. The van der Waals surface area contributed by atoms with Crippen molar-refractivity contribution in [2.75, 3.05) is 25.1 Å². The molecular formula is C10H16N2O2. The zero-order valence-corrected chi connectivity index (χ0v) is 8.36. The van der Waals surface area contributed by atoms with Gasteiger partial charge < -0.3 is 15.2 Å². The molecule has 0 aliphatic carbocycles. The topological polar surface area (TPSA) is 54.4 Å². The Morgan fingerprint density at radius 3 is 2.93 bits per heavy atom. The molecule has 1 aromatic rings. The number of aliphatic hydroxyl groups is 1. The average molecular weight is 196 g/mol. The SMILES string of the molecule is CCOc1ccc(NCCCO)cn1. The van der Waals surface area contributed by atoms with Crippen molar-refractivity contribution in [3.8, 4) is 5.88 Å². The molecule has 0 aliphatic heterocycles. The van der Waals surface area contributed by atoms with E-state index in [1.807, 2.05) is 19.1 Å². The predicted octanol–water partition coefficient (Wildman–Crippen LogP) is 1.27. The lowest BCUT2D eigenvalue weighted by Crippen LogP contribution is -2.03. The summed E-state index contributed by atoms with van der Waals surface area (Å²) in [6, 6.07) is 3.74. The maximum absolute atomic E-state index is 8.58. The molecule has 0 saturated carbocycles. The quantitative estimate of drug-likeness (QED) is 0.673. The Morgan fingerprint density at radius 2 is 2.36 bits per heavy atom. The van der Waals surface area contributed by atoms with Gasteiger partial charge in [-0.25, -0.2) is 4.98 Å². The molecular weight excluding hydrogens is 180 g/mol. The first kappa shape index (κ1) is 10.8. The molecule has 0 unspecified atom stereocenters. The predicted molar refractivity (Wildman–Crippen MR) is 55.6 cm³/mol. The number of nitrogens with one attached hydrogen (secondary N) is 1. The second-order valence-electron chi connectivity index (χ2n) is 2.82. The first-order valence-electron chi connectivity index (χ1n) is 4.80. The molecule has 1 aromatic heterocycles. The molecule has 14 heavy (non-hydrogen) atoms. The van der Waals surface area contributed by atoms with Crippen LogP contribution in [0.4, 0.5) is 5.69 Å². The Kier molecular flexibility index (Phi) is 4.78. The summed E-state index contributed by atoms with van der Waals surface area (Å²) in [4.78, 5) is 4.10. The molecule has 1 rings (SSSR count). The molecule has 0 fully saturated rings. The Morgan fingerprint density at radius 1 is 1.50 bits per heavy atom. The number of nitrogens with zero attached hydrogens (tertiary/aromatic N) is 1. The van der Waals surface area contributed by atoms with Gasteiger partial charge in [-0.15, -0.1) is 0 Å². The van der Waals surface area contributed by atoms with Gasteiger partial charge in [0.1, 0.15) is 0 Å². The van der Waals surface area contributed by atoms with Gasteiger partial charge in [0.05, 0.1) is 18.5 Å². The largest absolute Gasteiger partial charge is 0.478 e. The normalized spacial score (nSPS) is 9.86. The molecule has 4 nitrogen and oxygen atoms in total. The van der Waals surface area contributed by atoms with Crippen molar-refractivity contribution in [2.45, 2.75) is 13.3 Å². The van der Waals surface area contributed by atoms with Crippen molar-refractivity contribution >= 4 is 5.69 Å². The van der Waals surface area contributed by atoms with Crippen molar-refractivity contribution in [1.29, 1.82) is 0 Å². The van der Waals surface area contributed by atoms with Crippen LogP contribution in [-0.4, -0.2) is 29.8 Å². The highest BCUT2D eigenvalue weighted by molar-refractivity contribution is 5.41. The van der Waals surface area contributed by atoms with Gasteiger partial charge in [0.25, 0.3) is 0 Å². The fourth-order valence-corrected chi connectivity index (χ4v) is 1.03. The van der Waals surface area contributed by atoms with E-state index in [2.05, 4.69) is 10.3 Å². The van der Waals surface area contributed by atoms with Crippen LogP contribution in [0.15, 0.2) is 18.3 Å². The second-order valence-corrected chi connectivity index (χ2v) is 2.82. The van der Waals surface area contributed by atoms with Crippen molar-refractivity contribution < 1.29 is 9.84 Å². The molecule has 0 saturated heterocycles. The Bertz CT molecular complexity index is 249. The van der Waals surface area contributed by atoms with Crippen LogP contribution in [0.5, 0.6) is 5.88 Å². The summed E-state index contributed by atoms with van der Waals surface area (Å²) in [5.74, 6) is 0.639. The van der Waals surface area contributed by atoms with Crippen molar-refractivity contribution in [2.24, 2.45) is 0 Å². The van der Waals surface area contributed by atoms with E-state index in [1.54, 1.807) is 6.20 Å². The smallest absolute Gasteiger partial charge is 0.213 e. The molecule has 2 N–H and O–H groups in total. The van der Waals surface area contributed by atoms with Crippen LogP contribution >= 0.6 is 0 Å². The average Bonchev–Trinajstić information content (AvgIpc) is 2.21. The molecule has 4 heteroatoms. The first-order valence-corrected chi connectivity index (χ1v) is 4.80. The summed E-state index contributed by atoms with van der Waals surface area (Å²) in [5.41, 5.74) is 0.946. The van der Waals surface area contributed by atoms with Crippen LogP contribution < -0.4 is 10.1 Å². The highest BCUT2D eigenvalue weighted by atomic mass is 16.5. The lowest BCUT2D eigenvalue weighted by atomic mass is 10.4. The third-order valence-electron chi connectivity index (χ3n) is 1.69. The van der Waals surface area contributed by atoms with E-state index in [0.29, 0.717) is 12.5 Å². The standard InChI is InChI=1S/C10H16N2O2/c1-2-14-10-5-4-9(8-12-10)11-6-3-7-13/h4-5,8,11,13H,2-3,6-7H2,1H3. The lowest BCUT2D eigenvalue weighted by molar-refractivity contribution is 0.292. The minimum Gasteiger partial charge on any atom is -0.478 e. The number of pyridine rings is 1.